The standard InChI is InChI=1S/C21H35N5O2/c1-3-7-15(2)28-21-24-19(22)17-14-18(27)26(20(17)25-21)13-6-4-5-8-16-9-11-23-12-10-16/h15-16,23H,3-14H2,1-2H3,(H2,22,24,25)/t15-/m0/s1. The number of nitrogens with one attached hydrogen (secondary N) is 1. The Morgan fingerprint density at radius 2 is 2.04 bits per heavy atom. The van der Waals surface area contributed by atoms with Crippen LogP contribution >= 0.6 is 0 Å². The monoisotopic (exact) mass is 389 g/mol. The van der Waals surface area contributed by atoms with Gasteiger partial charge in [0.05, 0.1) is 12.5 Å². The molecule has 3 N–H and O–H groups in total. The number of nitrogen functional groups attached to an aromatic ring is 1. The number of anilines is 2. The summed E-state index contributed by atoms with van der Waals surface area (Å²) >= 11 is 0. The molecule has 3 heterocycles. The lowest BCUT2D eigenvalue weighted by molar-refractivity contribution is -0.117. The van der Waals surface area contributed by atoms with Crippen LogP contribution in [0.5, 0.6) is 6.01 Å². The van der Waals surface area contributed by atoms with Crippen LogP contribution in [0.3, 0.4) is 0 Å². The number of carbonyl (C=O) groups is 1. The first-order valence-corrected chi connectivity index (χ1v) is 10.9. The summed E-state index contributed by atoms with van der Waals surface area (Å²) in [4.78, 5) is 23.0. The molecular formula is C21H35N5O2. The molecule has 1 atom stereocenters. The number of hydrogen-bond donors (Lipinski definition) is 2. The normalized spacial score (nSPS) is 18.4. The van der Waals surface area contributed by atoms with E-state index in [2.05, 4.69) is 22.2 Å². The van der Waals surface area contributed by atoms with E-state index in [9.17, 15) is 4.79 Å². The Bertz CT molecular complexity index is 660. The van der Waals surface area contributed by atoms with Crippen molar-refractivity contribution in [1.29, 1.82) is 0 Å². The lowest BCUT2D eigenvalue weighted by Crippen LogP contribution is -2.29. The van der Waals surface area contributed by atoms with Gasteiger partial charge in [-0.3, -0.25) is 9.69 Å². The number of nitrogens with two attached hydrogens (primary N) is 1. The molecule has 0 saturated carbocycles. The third kappa shape index (κ3) is 5.34. The Kier molecular flexibility index (Phi) is 7.48. The molecular weight excluding hydrogens is 354 g/mol. The van der Waals surface area contributed by atoms with Crippen molar-refractivity contribution < 1.29 is 9.53 Å². The molecule has 1 amide bonds. The zero-order valence-electron chi connectivity index (χ0n) is 17.4. The lowest BCUT2D eigenvalue weighted by Gasteiger charge is -2.22. The molecule has 28 heavy (non-hydrogen) atoms. The molecule has 0 bridgehead atoms. The fourth-order valence-corrected chi connectivity index (χ4v) is 4.20. The molecule has 0 aromatic carbocycles. The molecule has 0 radical (unpaired) electrons. The fraction of sp³-hybridized carbons (Fsp3) is 0.762. The van der Waals surface area contributed by atoms with E-state index >= 15 is 0 Å². The molecule has 1 fully saturated rings. The smallest absolute Gasteiger partial charge is 0.320 e. The van der Waals surface area contributed by atoms with Gasteiger partial charge in [-0.2, -0.15) is 9.97 Å². The van der Waals surface area contributed by atoms with Crippen molar-refractivity contribution >= 4 is 17.5 Å². The van der Waals surface area contributed by atoms with Crippen LogP contribution in [0, 0.1) is 5.92 Å². The first-order chi connectivity index (χ1) is 13.6. The molecule has 0 unspecified atom stereocenters. The maximum absolute atomic E-state index is 12.5. The third-order valence-electron chi connectivity index (χ3n) is 5.84. The SMILES string of the molecule is CCC[C@H](C)Oc1nc(N)c2c(n1)N(CCCCCC1CCNCC1)C(=O)C2. The molecule has 1 aromatic heterocycles. The van der Waals surface area contributed by atoms with Gasteiger partial charge in [-0.05, 0) is 51.6 Å². The number of fused-ring (bicyclic) bond motifs is 1. The zero-order chi connectivity index (χ0) is 19.9. The van der Waals surface area contributed by atoms with Gasteiger partial charge in [-0.1, -0.05) is 32.6 Å². The van der Waals surface area contributed by atoms with Gasteiger partial charge < -0.3 is 15.8 Å². The highest BCUT2D eigenvalue weighted by atomic mass is 16.5. The summed E-state index contributed by atoms with van der Waals surface area (Å²) in [6, 6.07) is 0.280. The number of rotatable bonds is 10. The van der Waals surface area contributed by atoms with Gasteiger partial charge in [0.15, 0.2) is 0 Å². The Morgan fingerprint density at radius 1 is 1.25 bits per heavy atom. The number of hydrogen-bond acceptors (Lipinski definition) is 6. The largest absolute Gasteiger partial charge is 0.460 e. The molecule has 7 nitrogen and oxygen atoms in total. The van der Waals surface area contributed by atoms with Gasteiger partial charge in [0.1, 0.15) is 11.6 Å². The second-order valence-electron chi connectivity index (χ2n) is 8.18. The van der Waals surface area contributed by atoms with Crippen LogP contribution in [-0.4, -0.2) is 41.6 Å². The molecule has 1 aromatic rings. The van der Waals surface area contributed by atoms with Crippen molar-refractivity contribution in [2.75, 3.05) is 30.3 Å². The lowest BCUT2D eigenvalue weighted by atomic mass is 9.92. The van der Waals surface area contributed by atoms with Crippen LogP contribution in [0.25, 0.3) is 0 Å². The Balaban J connectivity index is 1.53. The third-order valence-corrected chi connectivity index (χ3v) is 5.84. The number of piperidine rings is 1. The first-order valence-electron chi connectivity index (χ1n) is 10.9. The molecule has 2 aliphatic heterocycles. The topological polar surface area (TPSA) is 93.4 Å². The molecule has 156 valence electrons. The van der Waals surface area contributed by atoms with Crippen LogP contribution < -0.4 is 20.7 Å². The number of ether oxygens (including phenoxy) is 1. The molecule has 3 rings (SSSR count). The van der Waals surface area contributed by atoms with Crippen molar-refractivity contribution in [2.45, 2.75) is 77.7 Å². The van der Waals surface area contributed by atoms with Crippen molar-refractivity contribution in [3.63, 3.8) is 0 Å². The summed E-state index contributed by atoms with van der Waals surface area (Å²) in [6.45, 7) is 7.13. The zero-order valence-corrected chi connectivity index (χ0v) is 17.4. The highest BCUT2D eigenvalue weighted by Gasteiger charge is 2.32. The maximum Gasteiger partial charge on any atom is 0.320 e. The predicted octanol–water partition coefficient (Wildman–Crippen LogP) is 3.08. The predicted molar refractivity (Wildman–Crippen MR) is 112 cm³/mol. The van der Waals surface area contributed by atoms with Crippen LogP contribution in [-0.2, 0) is 11.2 Å². The minimum absolute atomic E-state index is 0.0305. The number of carbonyl (C=O) groups excluding carboxylic acids is 1. The summed E-state index contributed by atoms with van der Waals surface area (Å²) in [6.07, 6.45) is 9.54. The van der Waals surface area contributed by atoms with Crippen LogP contribution in [0.2, 0.25) is 0 Å². The van der Waals surface area contributed by atoms with Gasteiger partial charge in [0.25, 0.3) is 0 Å². The van der Waals surface area contributed by atoms with E-state index in [1.807, 2.05) is 6.92 Å². The highest BCUT2D eigenvalue weighted by Crippen LogP contribution is 2.32. The maximum atomic E-state index is 12.5. The van der Waals surface area contributed by atoms with Gasteiger partial charge in [0.2, 0.25) is 5.91 Å². The molecule has 0 spiro atoms. The summed E-state index contributed by atoms with van der Waals surface area (Å²) in [5.74, 6) is 1.95. The van der Waals surface area contributed by atoms with Crippen molar-refractivity contribution in [1.82, 2.24) is 15.3 Å². The number of aromatic nitrogens is 2. The summed E-state index contributed by atoms with van der Waals surface area (Å²) < 4.78 is 5.81. The van der Waals surface area contributed by atoms with Gasteiger partial charge in [-0.15, -0.1) is 0 Å². The number of unbranched alkanes of at least 4 members (excludes halogenated alkanes) is 2. The van der Waals surface area contributed by atoms with E-state index < -0.39 is 0 Å². The van der Waals surface area contributed by atoms with Crippen molar-refractivity contribution in [3.05, 3.63) is 5.56 Å². The highest BCUT2D eigenvalue weighted by molar-refractivity contribution is 6.01. The minimum atomic E-state index is 0.0305. The van der Waals surface area contributed by atoms with E-state index in [1.54, 1.807) is 4.90 Å². The Hall–Kier alpha value is -1.89. The average molecular weight is 390 g/mol. The van der Waals surface area contributed by atoms with E-state index in [-0.39, 0.29) is 18.0 Å². The van der Waals surface area contributed by atoms with Gasteiger partial charge >= 0.3 is 6.01 Å². The quantitative estimate of drug-likeness (QED) is 0.597. The Morgan fingerprint density at radius 3 is 2.79 bits per heavy atom. The van der Waals surface area contributed by atoms with Crippen LogP contribution in [0.4, 0.5) is 11.6 Å². The number of nitrogens with zero attached hydrogens (tertiary/aromatic N) is 3. The molecule has 2 aliphatic rings. The van der Waals surface area contributed by atoms with Crippen LogP contribution in [0.15, 0.2) is 0 Å². The minimum Gasteiger partial charge on any atom is -0.460 e. The van der Waals surface area contributed by atoms with Crippen molar-refractivity contribution in [3.8, 4) is 6.01 Å². The van der Waals surface area contributed by atoms with Gasteiger partial charge in [0, 0.05) is 12.1 Å². The second-order valence-corrected chi connectivity index (χ2v) is 8.18. The van der Waals surface area contributed by atoms with Gasteiger partial charge in [-0.25, -0.2) is 0 Å². The van der Waals surface area contributed by atoms with Crippen LogP contribution in [0.1, 0.15) is 70.8 Å². The fourth-order valence-electron chi connectivity index (χ4n) is 4.20. The summed E-state index contributed by atoms with van der Waals surface area (Å²) in [7, 11) is 0. The summed E-state index contributed by atoms with van der Waals surface area (Å²) in [5.41, 5.74) is 6.84. The van der Waals surface area contributed by atoms with E-state index in [0.29, 0.717) is 24.6 Å². The summed E-state index contributed by atoms with van der Waals surface area (Å²) in [5, 5.41) is 3.42. The van der Waals surface area contributed by atoms with E-state index in [4.69, 9.17) is 10.5 Å². The van der Waals surface area contributed by atoms with E-state index in [1.165, 1.54) is 25.7 Å². The first kappa shape index (κ1) is 20.8. The molecule has 1 saturated heterocycles. The molecule has 0 aliphatic carbocycles. The van der Waals surface area contributed by atoms with E-state index in [0.717, 1.165) is 50.3 Å². The van der Waals surface area contributed by atoms with Crippen molar-refractivity contribution in [2.24, 2.45) is 5.92 Å². The number of amides is 1. The average Bonchev–Trinajstić information content (AvgIpc) is 2.99. The molecule has 7 heteroatoms. The second kappa shape index (κ2) is 10.0. The Labute approximate surface area is 168 Å².